The van der Waals surface area contributed by atoms with E-state index in [1.54, 1.807) is 16.4 Å². The molecule has 2 aliphatic rings. The van der Waals surface area contributed by atoms with Gasteiger partial charge in [0.05, 0.1) is 30.9 Å². The molecule has 34 heavy (non-hydrogen) atoms. The van der Waals surface area contributed by atoms with Crippen LogP contribution in [0.3, 0.4) is 0 Å². The van der Waals surface area contributed by atoms with E-state index in [9.17, 15) is 18.3 Å². The first-order valence-electron chi connectivity index (χ1n) is 11.7. The van der Waals surface area contributed by atoms with E-state index < -0.39 is 28.7 Å². The molecule has 0 radical (unpaired) electrons. The Bertz CT molecular complexity index is 897. The fourth-order valence-electron chi connectivity index (χ4n) is 5.15. The van der Waals surface area contributed by atoms with E-state index in [0.29, 0.717) is 26.1 Å². The van der Waals surface area contributed by atoms with Crippen LogP contribution < -0.4 is 0 Å². The number of halogens is 3. The van der Waals surface area contributed by atoms with Gasteiger partial charge in [0.1, 0.15) is 18.3 Å². The van der Waals surface area contributed by atoms with Crippen LogP contribution in [0.15, 0.2) is 43.0 Å². The minimum atomic E-state index is -4.19. The molecule has 1 aromatic carbocycles. The highest BCUT2D eigenvalue weighted by molar-refractivity contribution is 8.01. The van der Waals surface area contributed by atoms with Crippen molar-refractivity contribution in [2.45, 2.75) is 74.1 Å². The lowest BCUT2D eigenvalue weighted by Crippen LogP contribution is -2.58. The summed E-state index contributed by atoms with van der Waals surface area (Å²) in [6.45, 7) is 4.97. The quantitative estimate of drug-likeness (QED) is 0.578. The van der Waals surface area contributed by atoms with Crippen LogP contribution in [0, 0.1) is 11.8 Å². The molecule has 0 spiro atoms. The van der Waals surface area contributed by atoms with E-state index in [0.717, 1.165) is 5.56 Å². The predicted molar refractivity (Wildman–Crippen MR) is 123 cm³/mol. The Hall–Kier alpha value is -1.62. The molecule has 1 aliphatic heterocycles. The number of benzene rings is 1. The highest BCUT2D eigenvalue weighted by Crippen LogP contribution is 2.50. The molecule has 2 heterocycles. The maximum absolute atomic E-state index is 13.3. The summed E-state index contributed by atoms with van der Waals surface area (Å²) in [4.78, 5) is 3.98. The minimum absolute atomic E-state index is 0.0243. The highest BCUT2D eigenvalue weighted by Gasteiger charge is 2.53. The Morgan fingerprint density at radius 1 is 1.03 bits per heavy atom. The SMILES string of the molecule is CC(C)(SC1COC(c2ccccc2)OC1)C(O)(Cn1cncn1)C1CCC(C(F)(F)F)CC1. The highest BCUT2D eigenvalue weighted by atomic mass is 32.2. The first-order chi connectivity index (χ1) is 16.1. The van der Waals surface area contributed by atoms with Crippen molar-refractivity contribution in [3.05, 3.63) is 48.5 Å². The fraction of sp³-hybridized carbons (Fsp3) is 0.667. The molecule has 1 aliphatic carbocycles. The van der Waals surface area contributed by atoms with Crippen LogP contribution in [0.1, 0.15) is 51.4 Å². The van der Waals surface area contributed by atoms with Crippen molar-refractivity contribution in [2.75, 3.05) is 13.2 Å². The molecule has 0 bridgehead atoms. The van der Waals surface area contributed by atoms with Gasteiger partial charge in [0.15, 0.2) is 6.29 Å². The molecule has 0 amide bonds. The van der Waals surface area contributed by atoms with E-state index in [4.69, 9.17) is 9.47 Å². The molecule has 2 aromatic rings. The van der Waals surface area contributed by atoms with Gasteiger partial charge in [-0.05, 0) is 45.4 Å². The van der Waals surface area contributed by atoms with Crippen LogP contribution in [-0.2, 0) is 16.0 Å². The lowest BCUT2D eigenvalue weighted by atomic mass is 9.68. The van der Waals surface area contributed by atoms with Gasteiger partial charge in [0, 0.05) is 10.3 Å². The number of alkyl halides is 3. The van der Waals surface area contributed by atoms with Gasteiger partial charge in [-0.25, -0.2) is 4.98 Å². The summed E-state index contributed by atoms with van der Waals surface area (Å²) in [6.07, 6.45) is -0.997. The monoisotopic (exact) mass is 499 g/mol. The maximum atomic E-state index is 13.3. The van der Waals surface area contributed by atoms with Gasteiger partial charge in [0.2, 0.25) is 0 Å². The Morgan fingerprint density at radius 2 is 1.65 bits per heavy atom. The molecule has 1 N–H and O–H groups in total. The van der Waals surface area contributed by atoms with E-state index in [-0.39, 0.29) is 30.6 Å². The molecule has 4 rings (SSSR count). The molecule has 1 atom stereocenters. The van der Waals surface area contributed by atoms with Gasteiger partial charge in [-0.3, -0.25) is 4.68 Å². The first kappa shape index (κ1) is 25.5. The average molecular weight is 500 g/mol. The van der Waals surface area contributed by atoms with Crippen molar-refractivity contribution in [2.24, 2.45) is 11.8 Å². The molecule has 6 nitrogen and oxygen atoms in total. The van der Waals surface area contributed by atoms with E-state index >= 15 is 0 Å². The largest absolute Gasteiger partial charge is 0.391 e. The Labute approximate surface area is 202 Å². The number of aromatic nitrogens is 3. The van der Waals surface area contributed by atoms with Gasteiger partial charge >= 0.3 is 6.18 Å². The topological polar surface area (TPSA) is 69.4 Å². The normalized spacial score (nSPS) is 28.4. The Balaban J connectivity index is 1.46. The molecule has 188 valence electrons. The van der Waals surface area contributed by atoms with Crippen molar-refractivity contribution < 1.29 is 27.8 Å². The Kier molecular flexibility index (Phi) is 7.61. The summed E-state index contributed by atoms with van der Waals surface area (Å²) >= 11 is 1.57. The standard InChI is InChI=1S/C24H32F3N3O3S/c1-22(2,34-20-12-32-21(33-13-20)17-6-4-3-5-7-17)23(31,14-30-16-28-15-29-30)18-8-10-19(11-9-18)24(25,26)27/h3-7,15-16,18-21,31H,8-14H2,1-2H3. The molecule has 1 saturated heterocycles. The van der Waals surface area contributed by atoms with E-state index in [1.807, 2.05) is 44.2 Å². The van der Waals surface area contributed by atoms with E-state index in [1.165, 1.54) is 12.7 Å². The number of aliphatic hydroxyl groups is 1. The van der Waals surface area contributed by atoms with Gasteiger partial charge < -0.3 is 14.6 Å². The zero-order valence-corrected chi connectivity index (χ0v) is 20.3. The minimum Gasteiger partial charge on any atom is -0.386 e. The van der Waals surface area contributed by atoms with Crippen molar-refractivity contribution in [3.63, 3.8) is 0 Å². The second kappa shape index (κ2) is 10.2. The van der Waals surface area contributed by atoms with Crippen LogP contribution in [0.2, 0.25) is 0 Å². The van der Waals surface area contributed by atoms with E-state index in [2.05, 4.69) is 10.1 Å². The predicted octanol–water partition coefficient (Wildman–Crippen LogP) is 5.00. The van der Waals surface area contributed by atoms with Crippen LogP contribution in [-0.4, -0.2) is 54.9 Å². The molecule has 2 fully saturated rings. The van der Waals surface area contributed by atoms with Crippen molar-refractivity contribution >= 4 is 11.8 Å². The summed E-state index contributed by atoms with van der Waals surface area (Å²) in [6, 6.07) is 9.71. The van der Waals surface area contributed by atoms with Crippen molar-refractivity contribution in [1.29, 1.82) is 0 Å². The molecule has 1 saturated carbocycles. The van der Waals surface area contributed by atoms with Crippen LogP contribution >= 0.6 is 11.8 Å². The molecule has 1 unspecified atom stereocenters. The van der Waals surface area contributed by atoms with Gasteiger partial charge in [0.25, 0.3) is 0 Å². The first-order valence-corrected chi connectivity index (χ1v) is 12.5. The van der Waals surface area contributed by atoms with Crippen molar-refractivity contribution in [1.82, 2.24) is 14.8 Å². The van der Waals surface area contributed by atoms with Crippen molar-refractivity contribution in [3.8, 4) is 0 Å². The number of ether oxygens (including phenoxy) is 2. The third kappa shape index (κ3) is 5.61. The van der Waals surface area contributed by atoms with Gasteiger partial charge in [-0.15, -0.1) is 11.8 Å². The lowest BCUT2D eigenvalue weighted by molar-refractivity contribution is -0.190. The van der Waals surface area contributed by atoms with Crippen LogP contribution in [0.4, 0.5) is 13.2 Å². The summed E-state index contributed by atoms with van der Waals surface area (Å²) in [5.41, 5.74) is -0.340. The fourth-order valence-corrected chi connectivity index (χ4v) is 6.71. The third-order valence-corrected chi connectivity index (χ3v) is 8.73. The smallest absolute Gasteiger partial charge is 0.386 e. The van der Waals surface area contributed by atoms with Crippen LogP contribution in [0.25, 0.3) is 0 Å². The zero-order valence-electron chi connectivity index (χ0n) is 19.4. The number of nitrogens with zero attached hydrogens (tertiary/aromatic N) is 3. The molecular formula is C24H32F3N3O3S. The third-order valence-electron chi connectivity index (χ3n) is 7.18. The average Bonchev–Trinajstić information content (AvgIpc) is 3.32. The lowest BCUT2D eigenvalue weighted by Gasteiger charge is -2.50. The Morgan fingerprint density at radius 3 is 2.21 bits per heavy atom. The number of rotatable bonds is 7. The molecular weight excluding hydrogens is 467 g/mol. The number of thioether (sulfide) groups is 1. The zero-order chi connectivity index (χ0) is 24.4. The van der Waals surface area contributed by atoms with Gasteiger partial charge in [-0.1, -0.05) is 30.3 Å². The number of hydrogen-bond donors (Lipinski definition) is 1. The molecule has 1 aromatic heterocycles. The van der Waals surface area contributed by atoms with Crippen LogP contribution in [0.5, 0.6) is 0 Å². The van der Waals surface area contributed by atoms with Gasteiger partial charge in [-0.2, -0.15) is 18.3 Å². The second-order valence-electron chi connectivity index (χ2n) is 9.77. The summed E-state index contributed by atoms with van der Waals surface area (Å²) in [5, 5.41) is 16.2. The summed E-state index contributed by atoms with van der Waals surface area (Å²) < 4.78 is 52.5. The summed E-state index contributed by atoms with van der Waals surface area (Å²) in [7, 11) is 0. The summed E-state index contributed by atoms with van der Waals surface area (Å²) in [5.74, 6) is -1.59. The molecule has 10 heteroatoms. The second-order valence-corrected chi connectivity index (χ2v) is 11.7. The maximum Gasteiger partial charge on any atom is 0.391 e. The number of hydrogen-bond acceptors (Lipinski definition) is 6.